The molecule has 144 valence electrons. The number of allylic oxidation sites excluding steroid dienone is 1. The maximum absolute atomic E-state index is 2.72. The second-order valence-electron chi connectivity index (χ2n) is 12.0. The summed E-state index contributed by atoms with van der Waals surface area (Å²) in [5.74, 6) is 3.13. The van der Waals surface area contributed by atoms with Crippen LogP contribution in [0, 0.1) is 23.2 Å². The van der Waals surface area contributed by atoms with Gasteiger partial charge < -0.3 is 0 Å². The minimum absolute atomic E-state index is 0.242. The van der Waals surface area contributed by atoms with Gasteiger partial charge in [0.25, 0.3) is 0 Å². The first-order valence-corrected chi connectivity index (χ1v) is 11.7. The lowest BCUT2D eigenvalue weighted by molar-refractivity contribution is -0.195. The summed E-state index contributed by atoms with van der Waals surface area (Å²) in [6.45, 7) is 9.56. The molecule has 3 atom stereocenters. The zero-order valence-electron chi connectivity index (χ0n) is 17.8. The lowest BCUT2D eigenvalue weighted by atomic mass is 9.29. The average Bonchev–Trinajstić information content (AvgIpc) is 3.02. The fourth-order valence-corrected chi connectivity index (χ4v) is 8.66. The normalized spacial score (nSPS) is 41.2. The Bertz CT molecular complexity index is 834. The lowest BCUT2D eigenvalue weighted by Gasteiger charge is -2.74. The highest BCUT2D eigenvalue weighted by Gasteiger charge is 2.70. The van der Waals surface area contributed by atoms with Crippen LogP contribution in [0.1, 0.15) is 101 Å². The van der Waals surface area contributed by atoms with Gasteiger partial charge in [-0.05, 0) is 109 Å². The molecule has 0 N–H and O–H groups in total. The smallest absolute Gasteiger partial charge is 0.00414 e. The van der Waals surface area contributed by atoms with Gasteiger partial charge in [0.15, 0.2) is 0 Å². The summed E-state index contributed by atoms with van der Waals surface area (Å²) in [5.41, 5.74) is 9.86. The lowest BCUT2D eigenvalue weighted by Crippen LogP contribution is -2.68. The second kappa shape index (κ2) is 5.11. The molecule has 6 aliphatic rings. The quantitative estimate of drug-likeness (QED) is 0.523. The molecule has 7 rings (SSSR count). The van der Waals surface area contributed by atoms with Gasteiger partial charge in [0, 0.05) is 5.41 Å². The third-order valence-electron chi connectivity index (χ3n) is 9.75. The van der Waals surface area contributed by atoms with E-state index in [9.17, 15) is 0 Å². The molecule has 5 fully saturated rings. The van der Waals surface area contributed by atoms with Gasteiger partial charge in [-0.2, -0.15) is 0 Å². The van der Waals surface area contributed by atoms with Crippen LogP contribution in [0.3, 0.4) is 0 Å². The van der Waals surface area contributed by atoms with Crippen LogP contribution in [0.25, 0.3) is 6.08 Å². The van der Waals surface area contributed by atoms with Crippen LogP contribution in [0.2, 0.25) is 0 Å². The van der Waals surface area contributed by atoms with Crippen molar-refractivity contribution in [2.45, 2.75) is 96.3 Å². The van der Waals surface area contributed by atoms with Crippen LogP contribution >= 0.6 is 0 Å². The Kier molecular flexibility index (Phi) is 3.19. The summed E-state index contributed by atoms with van der Waals surface area (Å²) in [7, 11) is 0. The Morgan fingerprint density at radius 1 is 1.00 bits per heavy atom. The second-order valence-corrected chi connectivity index (χ2v) is 12.0. The van der Waals surface area contributed by atoms with Crippen LogP contribution in [0.4, 0.5) is 0 Å². The van der Waals surface area contributed by atoms with Gasteiger partial charge in [0.05, 0.1) is 0 Å². The first kappa shape index (κ1) is 16.9. The Morgan fingerprint density at radius 3 is 2.30 bits per heavy atom. The number of benzene rings is 1. The maximum atomic E-state index is 2.72. The molecule has 4 bridgehead atoms. The number of hydrogen-bond acceptors (Lipinski definition) is 0. The highest BCUT2D eigenvalue weighted by Crippen LogP contribution is 2.77. The summed E-state index contributed by atoms with van der Waals surface area (Å²) >= 11 is 0. The van der Waals surface area contributed by atoms with E-state index in [0.717, 1.165) is 17.8 Å². The summed E-state index contributed by atoms with van der Waals surface area (Å²) in [6, 6.07) is 5.26. The van der Waals surface area contributed by atoms with Crippen molar-refractivity contribution in [3.8, 4) is 0 Å². The molecule has 0 saturated heterocycles. The Labute approximate surface area is 165 Å². The van der Waals surface area contributed by atoms with Gasteiger partial charge in [-0.3, -0.25) is 0 Å². The van der Waals surface area contributed by atoms with Crippen molar-refractivity contribution in [1.82, 2.24) is 0 Å². The molecule has 0 nitrogen and oxygen atoms in total. The molecular weight excluding hydrogens is 324 g/mol. The Morgan fingerprint density at radius 2 is 1.74 bits per heavy atom. The van der Waals surface area contributed by atoms with Gasteiger partial charge >= 0.3 is 0 Å². The molecule has 5 saturated carbocycles. The highest BCUT2D eigenvalue weighted by molar-refractivity contribution is 5.68. The van der Waals surface area contributed by atoms with Gasteiger partial charge in [0.2, 0.25) is 0 Å². The van der Waals surface area contributed by atoms with E-state index >= 15 is 0 Å². The highest BCUT2D eigenvalue weighted by atomic mass is 14.7. The monoisotopic (exact) mass is 360 g/mol. The minimum atomic E-state index is 0.242. The fraction of sp³-hybridized carbons (Fsp3) is 0.704. The largest absolute Gasteiger partial charge is 0.0655 e. The Balaban J connectivity index is 1.56. The van der Waals surface area contributed by atoms with Crippen molar-refractivity contribution >= 4 is 6.08 Å². The van der Waals surface area contributed by atoms with Crippen LogP contribution in [0.5, 0.6) is 0 Å². The van der Waals surface area contributed by atoms with Crippen molar-refractivity contribution in [3.05, 3.63) is 40.0 Å². The molecule has 0 heterocycles. The predicted octanol–water partition coefficient (Wildman–Crippen LogP) is 7.19. The van der Waals surface area contributed by atoms with E-state index in [1.54, 1.807) is 54.4 Å². The zero-order valence-corrected chi connectivity index (χ0v) is 17.8. The molecule has 0 aromatic heterocycles. The number of hydrogen-bond donors (Lipinski definition) is 0. The molecule has 1 aromatic carbocycles. The summed E-state index contributed by atoms with van der Waals surface area (Å²) in [6.07, 6.45) is 15.8. The van der Waals surface area contributed by atoms with Gasteiger partial charge in [0.1, 0.15) is 0 Å². The minimum Gasteiger partial charge on any atom is -0.0655 e. The van der Waals surface area contributed by atoms with E-state index in [2.05, 4.69) is 45.9 Å². The van der Waals surface area contributed by atoms with Crippen molar-refractivity contribution in [2.24, 2.45) is 23.2 Å². The standard InChI is InChI=1S/C27H36/c1-5-17-9-20-13-21(25(2,3)4)14-24(23(20)12-17)27-7-6-26(27)15-18-8-19(16-26)11-22(27)10-18/h9,13-14,18-19,22H,5-8,10-12,15-16H2,1-4H3. The topological polar surface area (TPSA) is 0 Å². The van der Waals surface area contributed by atoms with E-state index in [0.29, 0.717) is 10.8 Å². The molecule has 1 spiro atoms. The SMILES string of the molecule is CCC1=Cc2cc(C(C)(C)C)cc(C34CCC35CC3CC(CC4C3)C5)c2C1. The van der Waals surface area contributed by atoms with Crippen LogP contribution in [0.15, 0.2) is 17.7 Å². The summed E-state index contributed by atoms with van der Waals surface area (Å²) in [5, 5.41) is 0. The summed E-state index contributed by atoms with van der Waals surface area (Å²) < 4.78 is 0. The molecule has 0 heteroatoms. The molecular formula is C27H36. The van der Waals surface area contributed by atoms with Crippen LogP contribution in [-0.2, 0) is 17.3 Å². The van der Waals surface area contributed by atoms with Crippen molar-refractivity contribution in [2.75, 3.05) is 0 Å². The van der Waals surface area contributed by atoms with Gasteiger partial charge in [-0.25, -0.2) is 0 Å². The molecule has 6 aliphatic carbocycles. The number of fused-ring (bicyclic) bond motifs is 1. The number of rotatable bonds is 2. The molecule has 0 amide bonds. The molecule has 0 radical (unpaired) electrons. The van der Waals surface area contributed by atoms with E-state index in [1.807, 2.05) is 5.56 Å². The van der Waals surface area contributed by atoms with Crippen LogP contribution in [-0.4, -0.2) is 0 Å². The average molecular weight is 361 g/mol. The van der Waals surface area contributed by atoms with E-state index in [1.165, 1.54) is 25.7 Å². The van der Waals surface area contributed by atoms with Crippen molar-refractivity contribution in [3.63, 3.8) is 0 Å². The van der Waals surface area contributed by atoms with Crippen molar-refractivity contribution < 1.29 is 0 Å². The molecule has 0 aliphatic heterocycles. The maximum Gasteiger partial charge on any atom is 0.00414 e. The van der Waals surface area contributed by atoms with E-state index in [4.69, 9.17) is 0 Å². The predicted molar refractivity (Wildman–Crippen MR) is 114 cm³/mol. The zero-order chi connectivity index (χ0) is 18.6. The molecule has 3 unspecified atom stereocenters. The third-order valence-corrected chi connectivity index (χ3v) is 9.75. The van der Waals surface area contributed by atoms with Gasteiger partial charge in [-0.15, -0.1) is 0 Å². The van der Waals surface area contributed by atoms with E-state index < -0.39 is 0 Å². The first-order chi connectivity index (χ1) is 12.8. The Hall–Kier alpha value is -1.04. The first-order valence-electron chi connectivity index (χ1n) is 11.7. The molecule has 1 aromatic rings. The molecule has 27 heavy (non-hydrogen) atoms. The van der Waals surface area contributed by atoms with Gasteiger partial charge in [-0.1, -0.05) is 51.5 Å². The van der Waals surface area contributed by atoms with E-state index in [-0.39, 0.29) is 5.41 Å². The summed E-state index contributed by atoms with van der Waals surface area (Å²) in [4.78, 5) is 0. The van der Waals surface area contributed by atoms with Crippen LogP contribution < -0.4 is 0 Å². The fourth-order valence-electron chi connectivity index (χ4n) is 8.66. The third kappa shape index (κ3) is 2.01. The van der Waals surface area contributed by atoms with Crippen molar-refractivity contribution in [1.29, 1.82) is 0 Å².